The minimum Gasteiger partial charge on any atom is -0.495 e. The standard InChI is InChI=1S/C22H28ClN5O2.HI/c1-24-21(29)16-6-4-5-15(11-16)13-26-22(25-2)27-18-9-10-28(14-18)19-12-17(23)7-8-20(19)30-3;/h4-8,11-12,18H,9-10,13-14H2,1-3H3,(H,24,29)(H2,25,26,27);1H. The van der Waals surface area contributed by atoms with Crippen molar-refractivity contribution in [1.29, 1.82) is 0 Å². The number of amides is 1. The van der Waals surface area contributed by atoms with Gasteiger partial charge in [-0.25, -0.2) is 0 Å². The third-order valence-corrected chi connectivity index (χ3v) is 5.35. The molecule has 1 unspecified atom stereocenters. The van der Waals surface area contributed by atoms with Gasteiger partial charge in [-0.05, 0) is 42.3 Å². The van der Waals surface area contributed by atoms with Crippen LogP contribution in [0.4, 0.5) is 5.69 Å². The number of benzene rings is 2. The maximum absolute atomic E-state index is 11.8. The van der Waals surface area contributed by atoms with Crippen LogP contribution >= 0.6 is 35.6 Å². The molecule has 0 bridgehead atoms. The average molecular weight is 558 g/mol. The molecule has 7 nitrogen and oxygen atoms in total. The Morgan fingerprint density at radius 3 is 2.81 bits per heavy atom. The summed E-state index contributed by atoms with van der Waals surface area (Å²) in [6.45, 7) is 2.30. The first-order chi connectivity index (χ1) is 14.5. The average Bonchev–Trinajstić information content (AvgIpc) is 3.24. The van der Waals surface area contributed by atoms with Gasteiger partial charge in [0.2, 0.25) is 0 Å². The lowest BCUT2D eigenvalue weighted by molar-refractivity contribution is 0.0963. The highest BCUT2D eigenvalue weighted by molar-refractivity contribution is 14.0. The summed E-state index contributed by atoms with van der Waals surface area (Å²) < 4.78 is 5.49. The van der Waals surface area contributed by atoms with Crippen molar-refractivity contribution in [3.8, 4) is 5.75 Å². The number of guanidine groups is 1. The number of ether oxygens (including phenoxy) is 1. The highest BCUT2D eigenvalue weighted by Crippen LogP contribution is 2.33. The molecule has 2 aromatic carbocycles. The predicted molar refractivity (Wildman–Crippen MR) is 137 cm³/mol. The van der Waals surface area contributed by atoms with Crippen LogP contribution in [0, 0.1) is 0 Å². The summed E-state index contributed by atoms with van der Waals surface area (Å²) in [5.41, 5.74) is 2.65. The molecule has 9 heteroatoms. The zero-order valence-electron chi connectivity index (χ0n) is 17.9. The first-order valence-corrected chi connectivity index (χ1v) is 10.3. The fourth-order valence-electron chi connectivity index (χ4n) is 3.55. The van der Waals surface area contributed by atoms with Crippen LogP contribution in [0.2, 0.25) is 5.02 Å². The van der Waals surface area contributed by atoms with Crippen molar-refractivity contribution in [2.24, 2.45) is 4.99 Å². The third kappa shape index (κ3) is 6.64. The van der Waals surface area contributed by atoms with Gasteiger partial charge in [0.05, 0.1) is 12.8 Å². The molecule has 1 heterocycles. The van der Waals surface area contributed by atoms with E-state index in [1.54, 1.807) is 27.3 Å². The zero-order chi connectivity index (χ0) is 21.5. The van der Waals surface area contributed by atoms with Crippen LogP contribution in [0.3, 0.4) is 0 Å². The Hall–Kier alpha value is -2.20. The molecule has 3 rings (SSSR count). The molecule has 168 valence electrons. The van der Waals surface area contributed by atoms with Crippen LogP contribution in [0.5, 0.6) is 5.75 Å². The van der Waals surface area contributed by atoms with Gasteiger partial charge in [-0.1, -0.05) is 23.7 Å². The molecule has 0 aliphatic carbocycles. The number of nitrogens with one attached hydrogen (secondary N) is 3. The maximum Gasteiger partial charge on any atom is 0.251 e. The molecule has 0 spiro atoms. The fraction of sp³-hybridized carbons (Fsp3) is 0.364. The van der Waals surface area contributed by atoms with Gasteiger partial charge in [-0.3, -0.25) is 9.79 Å². The Balaban J connectivity index is 0.00000341. The molecule has 1 amide bonds. The number of methoxy groups -OCH3 is 1. The molecular formula is C22H29ClIN5O2. The van der Waals surface area contributed by atoms with Gasteiger partial charge in [0.1, 0.15) is 5.75 Å². The molecule has 31 heavy (non-hydrogen) atoms. The largest absolute Gasteiger partial charge is 0.495 e. The number of nitrogens with zero attached hydrogens (tertiary/aromatic N) is 2. The topological polar surface area (TPSA) is 78.0 Å². The van der Waals surface area contributed by atoms with E-state index in [0.29, 0.717) is 17.1 Å². The van der Waals surface area contributed by atoms with Gasteiger partial charge in [-0.15, -0.1) is 24.0 Å². The third-order valence-electron chi connectivity index (χ3n) is 5.11. The minimum absolute atomic E-state index is 0. The van der Waals surface area contributed by atoms with Gasteiger partial charge in [-0.2, -0.15) is 0 Å². The maximum atomic E-state index is 11.8. The molecule has 0 radical (unpaired) electrons. The lowest BCUT2D eigenvalue weighted by Gasteiger charge is -2.22. The summed E-state index contributed by atoms with van der Waals surface area (Å²) in [6, 6.07) is 13.5. The molecule has 2 aromatic rings. The molecule has 1 aliphatic heterocycles. The summed E-state index contributed by atoms with van der Waals surface area (Å²) in [5, 5.41) is 10.1. The van der Waals surface area contributed by atoms with Crippen molar-refractivity contribution < 1.29 is 9.53 Å². The summed E-state index contributed by atoms with van der Waals surface area (Å²) in [5.74, 6) is 1.45. The molecule has 1 saturated heterocycles. The minimum atomic E-state index is -0.0955. The molecule has 0 aromatic heterocycles. The van der Waals surface area contributed by atoms with Crippen LogP contribution < -0.4 is 25.6 Å². The van der Waals surface area contributed by atoms with Crippen LogP contribution in [-0.4, -0.2) is 52.2 Å². The molecule has 1 aliphatic rings. The Bertz CT molecular complexity index is 925. The van der Waals surface area contributed by atoms with Crippen molar-refractivity contribution in [3.05, 3.63) is 58.6 Å². The van der Waals surface area contributed by atoms with E-state index in [1.807, 2.05) is 36.4 Å². The van der Waals surface area contributed by atoms with E-state index in [2.05, 4.69) is 25.8 Å². The Morgan fingerprint density at radius 1 is 1.29 bits per heavy atom. The highest BCUT2D eigenvalue weighted by Gasteiger charge is 2.25. The lowest BCUT2D eigenvalue weighted by Crippen LogP contribution is -2.44. The predicted octanol–water partition coefficient (Wildman–Crippen LogP) is 3.27. The van der Waals surface area contributed by atoms with Crippen molar-refractivity contribution in [2.75, 3.05) is 39.2 Å². The van der Waals surface area contributed by atoms with Gasteiger partial charge in [0.25, 0.3) is 5.91 Å². The van der Waals surface area contributed by atoms with Crippen LogP contribution in [0.15, 0.2) is 47.5 Å². The van der Waals surface area contributed by atoms with Gasteiger partial charge < -0.3 is 25.6 Å². The summed E-state index contributed by atoms with van der Waals surface area (Å²) in [4.78, 5) is 18.4. The molecule has 3 N–H and O–H groups in total. The summed E-state index contributed by atoms with van der Waals surface area (Å²) in [6.07, 6.45) is 0.975. The van der Waals surface area contributed by atoms with Crippen LogP contribution in [-0.2, 0) is 6.54 Å². The van der Waals surface area contributed by atoms with Crippen molar-refractivity contribution in [1.82, 2.24) is 16.0 Å². The second-order valence-electron chi connectivity index (χ2n) is 7.10. The fourth-order valence-corrected chi connectivity index (χ4v) is 3.71. The smallest absolute Gasteiger partial charge is 0.251 e. The lowest BCUT2D eigenvalue weighted by atomic mass is 10.1. The number of hydrogen-bond donors (Lipinski definition) is 3. The number of aliphatic imine (C=N–C) groups is 1. The SMILES string of the molecule is CN=C(NCc1cccc(C(=O)NC)c1)NC1CCN(c2cc(Cl)ccc2OC)C1.I. The monoisotopic (exact) mass is 557 g/mol. The van der Waals surface area contributed by atoms with Crippen LogP contribution in [0.1, 0.15) is 22.3 Å². The van der Waals surface area contributed by atoms with E-state index in [1.165, 1.54) is 0 Å². The van der Waals surface area contributed by atoms with Gasteiger partial charge in [0.15, 0.2) is 5.96 Å². The molecule has 0 saturated carbocycles. The number of rotatable bonds is 6. The number of carbonyl (C=O) groups is 1. The van der Waals surface area contributed by atoms with E-state index in [-0.39, 0.29) is 35.9 Å². The molecule has 1 atom stereocenters. The van der Waals surface area contributed by atoms with E-state index >= 15 is 0 Å². The normalized spacial score (nSPS) is 15.8. The number of hydrogen-bond acceptors (Lipinski definition) is 4. The first-order valence-electron chi connectivity index (χ1n) is 9.90. The second-order valence-corrected chi connectivity index (χ2v) is 7.53. The van der Waals surface area contributed by atoms with E-state index in [4.69, 9.17) is 16.3 Å². The Kier molecular flexibility index (Phi) is 9.70. The summed E-state index contributed by atoms with van der Waals surface area (Å²) in [7, 11) is 5.05. The quantitative estimate of drug-likeness (QED) is 0.289. The second kappa shape index (κ2) is 12.0. The molecule has 1 fully saturated rings. The van der Waals surface area contributed by atoms with E-state index in [0.717, 1.165) is 42.5 Å². The highest BCUT2D eigenvalue weighted by atomic mass is 127. The van der Waals surface area contributed by atoms with Gasteiger partial charge >= 0.3 is 0 Å². The number of halogens is 2. The first kappa shape index (κ1) is 25.1. The van der Waals surface area contributed by atoms with Gasteiger partial charge in [0, 0.05) is 50.4 Å². The van der Waals surface area contributed by atoms with Crippen molar-refractivity contribution in [3.63, 3.8) is 0 Å². The van der Waals surface area contributed by atoms with E-state index < -0.39 is 0 Å². The van der Waals surface area contributed by atoms with Crippen molar-refractivity contribution in [2.45, 2.75) is 19.0 Å². The zero-order valence-corrected chi connectivity index (χ0v) is 21.0. The Morgan fingerprint density at radius 2 is 2.10 bits per heavy atom. The summed E-state index contributed by atoms with van der Waals surface area (Å²) >= 11 is 6.18. The number of anilines is 1. The number of carbonyl (C=O) groups excluding carboxylic acids is 1. The van der Waals surface area contributed by atoms with Crippen LogP contribution in [0.25, 0.3) is 0 Å². The van der Waals surface area contributed by atoms with Crippen molar-refractivity contribution >= 4 is 53.1 Å². The van der Waals surface area contributed by atoms with E-state index in [9.17, 15) is 4.79 Å². The Labute approximate surface area is 205 Å². The molecular weight excluding hydrogens is 529 g/mol.